The highest BCUT2D eigenvalue weighted by Gasteiger charge is 2.32. The average Bonchev–Trinajstić information content (AvgIpc) is 2.88. The predicted molar refractivity (Wildman–Crippen MR) is 86.7 cm³/mol. The molecule has 4 heteroatoms. The number of fused-ring (bicyclic) bond motifs is 1. The SMILES string of the molecule is CC(C)(C)c1ccc(C2Cc3ccc(C(F)(F)F)cc3N2)cc1. The van der Waals surface area contributed by atoms with E-state index in [0.717, 1.165) is 17.2 Å². The van der Waals surface area contributed by atoms with Crippen molar-refractivity contribution in [1.29, 1.82) is 0 Å². The minimum absolute atomic E-state index is 0.0301. The molecule has 0 amide bonds. The van der Waals surface area contributed by atoms with Gasteiger partial charge in [-0.15, -0.1) is 0 Å². The molecule has 1 nitrogen and oxygen atoms in total. The van der Waals surface area contributed by atoms with Gasteiger partial charge in [0.2, 0.25) is 0 Å². The minimum atomic E-state index is -4.30. The van der Waals surface area contributed by atoms with Crippen LogP contribution in [0.15, 0.2) is 42.5 Å². The minimum Gasteiger partial charge on any atom is -0.378 e. The lowest BCUT2D eigenvalue weighted by atomic mass is 9.86. The van der Waals surface area contributed by atoms with Crippen LogP contribution in [0, 0.1) is 0 Å². The Balaban J connectivity index is 1.82. The molecule has 0 bridgehead atoms. The average molecular weight is 319 g/mol. The summed E-state index contributed by atoms with van der Waals surface area (Å²) in [7, 11) is 0. The molecule has 1 unspecified atom stereocenters. The second-order valence-corrected chi connectivity index (χ2v) is 7.14. The normalized spacial score (nSPS) is 17.7. The Hall–Kier alpha value is -1.97. The zero-order valence-electron chi connectivity index (χ0n) is 13.5. The number of anilines is 1. The summed E-state index contributed by atoms with van der Waals surface area (Å²) in [6.45, 7) is 6.47. The lowest BCUT2D eigenvalue weighted by Crippen LogP contribution is -2.12. The highest BCUT2D eigenvalue weighted by atomic mass is 19.4. The molecule has 1 aliphatic heterocycles. The molecule has 2 aromatic rings. The van der Waals surface area contributed by atoms with Gasteiger partial charge in [-0.05, 0) is 40.7 Å². The molecule has 0 aliphatic carbocycles. The van der Waals surface area contributed by atoms with Crippen LogP contribution in [0.1, 0.15) is 49.1 Å². The first-order valence-corrected chi connectivity index (χ1v) is 7.72. The van der Waals surface area contributed by atoms with Gasteiger partial charge in [0.1, 0.15) is 0 Å². The van der Waals surface area contributed by atoms with Crippen LogP contribution < -0.4 is 5.32 Å². The van der Waals surface area contributed by atoms with Crippen molar-refractivity contribution in [2.24, 2.45) is 0 Å². The molecule has 0 radical (unpaired) electrons. The molecule has 0 aromatic heterocycles. The van der Waals surface area contributed by atoms with Crippen LogP contribution in [0.2, 0.25) is 0 Å². The lowest BCUT2D eigenvalue weighted by Gasteiger charge is -2.20. The van der Waals surface area contributed by atoms with Gasteiger partial charge in [0, 0.05) is 5.69 Å². The summed E-state index contributed by atoms with van der Waals surface area (Å²) in [6, 6.07) is 12.3. The summed E-state index contributed by atoms with van der Waals surface area (Å²) in [5.41, 5.74) is 3.35. The first-order valence-electron chi connectivity index (χ1n) is 7.72. The first kappa shape index (κ1) is 15.9. The molecule has 1 atom stereocenters. The summed E-state index contributed by atoms with van der Waals surface area (Å²) < 4.78 is 38.4. The number of hydrogen-bond donors (Lipinski definition) is 1. The van der Waals surface area contributed by atoms with Crippen molar-refractivity contribution in [1.82, 2.24) is 0 Å². The third-order valence-corrected chi connectivity index (χ3v) is 4.37. The molecular formula is C19H20F3N. The van der Waals surface area contributed by atoms with Crippen LogP contribution in [0.25, 0.3) is 0 Å². The molecule has 1 heterocycles. The third-order valence-electron chi connectivity index (χ3n) is 4.37. The number of alkyl halides is 3. The largest absolute Gasteiger partial charge is 0.416 e. The maximum Gasteiger partial charge on any atom is 0.416 e. The summed E-state index contributed by atoms with van der Waals surface area (Å²) >= 11 is 0. The maximum atomic E-state index is 12.8. The highest BCUT2D eigenvalue weighted by molar-refractivity contribution is 5.60. The van der Waals surface area contributed by atoms with E-state index in [1.807, 2.05) is 0 Å². The van der Waals surface area contributed by atoms with Gasteiger partial charge in [0.05, 0.1) is 11.6 Å². The van der Waals surface area contributed by atoms with Gasteiger partial charge >= 0.3 is 6.18 Å². The molecule has 1 aliphatic rings. The molecule has 1 N–H and O–H groups in total. The molecule has 0 saturated heterocycles. The zero-order valence-corrected chi connectivity index (χ0v) is 13.5. The van der Waals surface area contributed by atoms with Crippen molar-refractivity contribution in [3.05, 3.63) is 64.7 Å². The van der Waals surface area contributed by atoms with E-state index in [2.05, 4.69) is 50.4 Å². The first-order chi connectivity index (χ1) is 10.6. The second-order valence-electron chi connectivity index (χ2n) is 7.14. The summed E-state index contributed by atoms with van der Waals surface area (Å²) in [5, 5.41) is 3.22. The van der Waals surface area contributed by atoms with E-state index in [1.54, 1.807) is 6.07 Å². The topological polar surface area (TPSA) is 12.0 Å². The van der Waals surface area contributed by atoms with Crippen LogP contribution >= 0.6 is 0 Å². The van der Waals surface area contributed by atoms with Crippen molar-refractivity contribution in [3.63, 3.8) is 0 Å². The quantitative estimate of drug-likeness (QED) is 0.709. The number of benzene rings is 2. The Kier molecular flexibility index (Phi) is 3.66. The number of rotatable bonds is 1. The Morgan fingerprint density at radius 1 is 0.913 bits per heavy atom. The molecule has 2 aromatic carbocycles. The molecule has 3 rings (SSSR count). The van der Waals surface area contributed by atoms with Crippen LogP contribution in [0.5, 0.6) is 0 Å². The van der Waals surface area contributed by atoms with Gasteiger partial charge in [0.25, 0.3) is 0 Å². The van der Waals surface area contributed by atoms with Gasteiger partial charge < -0.3 is 5.32 Å². The molecule has 23 heavy (non-hydrogen) atoms. The Labute approximate surface area is 134 Å². The van der Waals surface area contributed by atoms with Gasteiger partial charge in [-0.1, -0.05) is 51.1 Å². The van der Waals surface area contributed by atoms with E-state index >= 15 is 0 Å². The monoisotopic (exact) mass is 319 g/mol. The van der Waals surface area contributed by atoms with Gasteiger partial charge in [-0.3, -0.25) is 0 Å². The Morgan fingerprint density at radius 2 is 1.52 bits per heavy atom. The third kappa shape index (κ3) is 3.21. The maximum absolute atomic E-state index is 12.8. The zero-order chi connectivity index (χ0) is 16.8. The molecule has 0 fully saturated rings. The molecule has 122 valence electrons. The number of nitrogens with one attached hydrogen (secondary N) is 1. The van der Waals surface area contributed by atoms with E-state index in [0.29, 0.717) is 12.1 Å². The van der Waals surface area contributed by atoms with Crippen molar-refractivity contribution in [3.8, 4) is 0 Å². The van der Waals surface area contributed by atoms with Crippen molar-refractivity contribution in [2.75, 3.05) is 5.32 Å². The van der Waals surface area contributed by atoms with Crippen LogP contribution in [0.3, 0.4) is 0 Å². The fourth-order valence-corrected chi connectivity index (χ4v) is 2.94. The predicted octanol–water partition coefficient (Wildman–Crippen LogP) is 5.71. The fraction of sp³-hybridized carbons (Fsp3) is 0.368. The van der Waals surface area contributed by atoms with E-state index in [-0.39, 0.29) is 11.5 Å². The van der Waals surface area contributed by atoms with E-state index in [9.17, 15) is 13.2 Å². The van der Waals surface area contributed by atoms with Crippen LogP contribution in [-0.2, 0) is 18.0 Å². The van der Waals surface area contributed by atoms with Gasteiger partial charge in [0.15, 0.2) is 0 Å². The summed E-state index contributed by atoms with van der Waals surface area (Å²) in [5.74, 6) is 0. The van der Waals surface area contributed by atoms with Crippen molar-refractivity contribution < 1.29 is 13.2 Å². The standard InChI is InChI=1S/C19H20F3N/c1-18(2,3)14-7-4-12(5-8-14)16-10-13-6-9-15(19(20,21)22)11-17(13)23-16/h4-9,11,16,23H,10H2,1-3H3. The summed E-state index contributed by atoms with van der Waals surface area (Å²) in [6.07, 6.45) is -3.59. The lowest BCUT2D eigenvalue weighted by molar-refractivity contribution is -0.137. The summed E-state index contributed by atoms with van der Waals surface area (Å²) in [4.78, 5) is 0. The highest BCUT2D eigenvalue weighted by Crippen LogP contribution is 2.39. The second kappa shape index (κ2) is 5.29. The fourth-order valence-electron chi connectivity index (χ4n) is 2.94. The number of hydrogen-bond acceptors (Lipinski definition) is 1. The molecular weight excluding hydrogens is 299 g/mol. The van der Waals surface area contributed by atoms with E-state index in [1.165, 1.54) is 11.6 Å². The smallest absolute Gasteiger partial charge is 0.378 e. The van der Waals surface area contributed by atoms with Crippen molar-refractivity contribution >= 4 is 5.69 Å². The van der Waals surface area contributed by atoms with Crippen molar-refractivity contribution in [2.45, 2.75) is 44.8 Å². The van der Waals surface area contributed by atoms with Gasteiger partial charge in [-0.25, -0.2) is 0 Å². The Bertz CT molecular complexity index is 709. The molecule has 0 saturated carbocycles. The Morgan fingerprint density at radius 3 is 2.09 bits per heavy atom. The van der Waals surface area contributed by atoms with E-state index in [4.69, 9.17) is 0 Å². The van der Waals surface area contributed by atoms with Gasteiger partial charge in [-0.2, -0.15) is 13.2 Å². The van der Waals surface area contributed by atoms with Crippen LogP contribution in [0.4, 0.5) is 18.9 Å². The van der Waals surface area contributed by atoms with E-state index < -0.39 is 11.7 Å². The number of halogens is 3. The van der Waals surface area contributed by atoms with Crippen LogP contribution in [-0.4, -0.2) is 0 Å². The molecule has 0 spiro atoms.